The fourth-order valence-electron chi connectivity index (χ4n) is 2.11. The van der Waals surface area contributed by atoms with Gasteiger partial charge in [0.15, 0.2) is 0 Å². The van der Waals surface area contributed by atoms with Crippen LogP contribution in [0.25, 0.3) is 0 Å². The predicted molar refractivity (Wildman–Crippen MR) is 79.3 cm³/mol. The van der Waals surface area contributed by atoms with Crippen LogP contribution in [-0.2, 0) is 19.6 Å². The van der Waals surface area contributed by atoms with Crippen LogP contribution in [-0.4, -0.2) is 18.0 Å². The highest BCUT2D eigenvalue weighted by molar-refractivity contribution is 5.16. The highest BCUT2D eigenvalue weighted by Crippen LogP contribution is 2.14. The fraction of sp³-hybridized carbons (Fsp3) is 0.500. The van der Waals surface area contributed by atoms with Crippen LogP contribution in [0.3, 0.4) is 0 Å². The molecule has 0 aromatic carbocycles. The first-order valence-corrected chi connectivity index (χ1v) is 7.05. The van der Waals surface area contributed by atoms with Gasteiger partial charge in [0, 0.05) is 30.3 Å². The standard InChI is InChI=1S/C16H24N2O2/c1-12(2)17-8-14-7-16(20-11-14)10-18(4)9-15-5-6-19-13(15)3/h5-7,11-12,17H,8-10H2,1-4H3. The molecule has 2 aromatic rings. The van der Waals surface area contributed by atoms with E-state index < -0.39 is 0 Å². The number of hydrogen-bond donors (Lipinski definition) is 1. The summed E-state index contributed by atoms with van der Waals surface area (Å²) in [5.41, 5.74) is 2.42. The van der Waals surface area contributed by atoms with Gasteiger partial charge in [-0.15, -0.1) is 0 Å². The van der Waals surface area contributed by atoms with Gasteiger partial charge in [0.1, 0.15) is 11.5 Å². The lowest BCUT2D eigenvalue weighted by Gasteiger charge is -2.14. The van der Waals surface area contributed by atoms with Crippen molar-refractivity contribution in [1.82, 2.24) is 10.2 Å². The maximum absolute atomic E-state index is 5.61. The van der Waals surface area contributed by atoms with Crippen molar-refractivity contribution in [1.29, 1.82) is 0 Å². The molecular weight excluding hydrogens is 252 g/mol. The first-order valence-electron chi connectivity index (χ1n) is 7.05. The molecule has 0 aliphatic heterocycles. The first kappa shape index (κ1) is 14.9. The minimum Gasteiger partial charge on any atom is -0.469 e. The maximum atomic E-state index is 5.61. The van der Waals surface area contributed by atoms with Crippen LogP contribution >= 0.6 is 0 Å². The van der Waals surface area contributed by atoms with Gasteiger partial charge in [-0.2, -0.15) is 0 Å². The molecule has 0 fully saturated rings. The monoisotopic (exact) mass is 276 g/mol. The fourth-order valence-corrected chi connectivity index (χ4v) is 2.11. The van der Waals surface area contributed by atoms with Gasteiger partial charge in [-0.25, -0.2) is 0 Å². The summed E-state index contributed by atoms with van der Waals surface area (Å²) in [6, 6.07) is 4.63. The summed E-state index contributed by atoms with van der Waals surface area (Å²) in [7, 11) is 2.08. The Kier molecular flexibility index (Phi) is 5.04. The van der Waals surface area contributed by atoms with E-state index >= 15 is 0 Å². The molecule has 20 heavy (non-hydrogen) atoms. The molecule has 0 aliphatic carbocycles. The molecule has 0 amide bonds. The Bertz CT molecular complexity index is 528. The third-order valence-corrected chi connectivity index (χ3v) is 3.25. The lowest BCUT2D eigenvalue weighted by atomic mass is 10.2. The Morgan fingerprint density at radius 3 is 2.70 bits per heavy atom. The third kappa shape index (κ3) is 4.25. The first-order chi connectivity index (χ1) is 9.54. The van der Waals surface area contributed by atoms with E-state index in [2.05, 4.69) is 37.2 Å². The normalized spacial score (nSPS) is 11.7. The second-order valence-corrected chi connectivity index (χ2v) is 5.63. The predicted octanol–water partition coefficient (Wildman–Crippen LogP) is 3.31. The average Bonchev–Trinajstić information content (AvgIpc) is 2.97. The molecule has 2 aromatic heterocycles. The van der Waals surface area contributed by atoms with E-state index in [4.69, 9.17) is 8.83 Å². The van der Waals surface area contributed by atoms with E-state index in [9.17, 15) is 0 Å². The topological polar surface area (TPSA) is 41.6 Å². The summed E-state index contributed by atoms with van der Waals surface area (Å²) < 4.78 is 10.9. The Hall–Kier alpha value is -1.52. The number of nitrogens with one attached hydrogen (secondary N) is 1. The second-order valence-electron chi connectivity index (χ2n) is 5.63. The molecule has 4 heteroatoms. The van der Waals surface area contributed by atoms with Crippen LogP contribution in [0.15, 0.2) is 33.5 Å². The maximum Gasteiger partial charge on any atom is 0.118 e. The molecule has 1 N–H and O–H groups in total. The van der Waals surface area contributed by atoms with Gasteiger partial charge < -0.3 is 14.2 Å². The molecule has 0 unspecified atom stereocenters. The zero-order chi connectivity index (χ0) is 14.5. The van der Waals surface area contributed by atoms with E-state index in [1.807, 2.05) is 19.3 Å². The van der Waals surface area contributed by atoms with Crippen molar-refractivity contribution in [2.45, 2.75) is 46.4 Å². The van der Waals surface area contributed by atoms with Gasteiger partial charge in [-0.3, -0.25) is 4.90 Å². The number of rotatable bonds is 7. The van der Waals surface area contributed by atoms with Crippen molar-refractivity contribution in [3.8, 4) is 0 Å². The molecule has 0 bridgehead atoms. The van der Waals surface area contributed by atoms with Gasteiger partial charge in [0.25, 0.3) is 0 Å². The molecule has 0 radical (unpaired) electrons. The second kappa shape index (κ2) is 6.77. The molecule has 110 valence electrons. The number of aryl methyl sites for hydroxylation is 1. The number of nitrogens with zero attached hydrogens (tertiary/aromatic N) is 1. The minimum absolute atomic E-state index is 0.486. The van der Waals surface area contributed by atoms with Crippen molar-refractivity contribution in [2.24, 2.45) is 0 Å². The lowest BCUT2D eigenvalue weighted by molar-refractivity contribution is 0.286. The molecule has 0 atom stereocenters. The van der Waals surface area contributed by atoms with Gasteiger partial charge in [-0.1, -0.05) is 13.8 Å². The van der Waals surface area contributed by atoms with Crippen LogP contribution in [0, 0.1) is 6.92 Å². The molecule has 0 aliphatic rings. The SMILES string of the molecule is Cc1occc1CN(C)Cc1cc(CNC(C)C)co1. The summed E-state index contributed by atoms with van der Waals surface area (Å²) in [5, 5.41) is 3.39. The van der Waals surface area contributed by atoms with Crippen LogP contribution < -0.4 is 5.32 Å². The van der Waals surface area contributed by atoms with Crippen LogP contribution in [0.1, 0.15) is 36.5 Å². The Labute approximate surface area is 120 Å². The highest BCUT2D eigenvalue weighted by atomic mass is 16.3. The summed E-state index contributed by atoms with van der Waals surface area (Å²) >= 11 is 0. The molecule has 0 spiro atoms. The summed E-state index contributed by atoms with van der Waals surface area (Å²) in [6.07, 6.45) is 3.57. The Morgan fingerprint density at radius 1 is 1.25 bits per heavy atom. The molecule has 0 saturated heterocycles. The molecule has 4 nitrogen and oxygen atoms in total. The summed E-state index contributed by atoms with van der Waals surface area (Å²) in [4.78, 5) is 2.22. The van der Waals surface area contributed by atoms with Gasteiger partial charge in [0.2, 0.25) is 0 Å². The molecular formula is C16H24N2O2. The highest BCUT2D eigenvalue weighted by Gasteiger charge is 2.09. The lowest BCUT2D eigenvalue weighted by Crippen LogP contribution is -2.21. The van der Waals surface area contributed by atoms with Crippen molar-refractivity contribution in [2.75, 3.05) is 7.05 Å². The van der Waals surface area contributed by atoms with Crippen molar-refractivity contribution in [3.63, 3.8) is 0 Å². The smallest absolute Gasteiger partial charge is 0.118 e. The van der Waals surface area contributed by atoms with E-state index in [1.165, 1.54) is 11.1 Å². The van der Waals surface area contributed by atoms with Gasteiger partial charge in [0.05, 0.1) is 19.1 Å². The van der Waals surface area contributed by atoms with E-state index in [0.717, 1.165) is 31.2 Å². The van der Waals surface area contributed by atoms with Crippen molar-refractivity contribution >= 4 is 0 Å². The number of hydrogen-bond acceptors (Lipinski definition) is 4. The van der Waals surface area contributed by atoms with Gasteiger partial charge >= 0.3 is 0 Å². The quantitative estimate of drug-likeness (QED) is 0.842. The Morgan fingerprint density at radius 2 is 2.05 bits per heavy atom. The largest absolute Gasteiger partial charge is 0.469 e. The Balaban J connectivity index is 1.85. The average molecular weight is 276 g/mol. The summed E-state index contributed by atoms with van der Waals surface area (Å²) in [6.45, 7) is 8.79. The molecule has 2 heterocycles. The van der Waals surface area contributed by atoms with E-state index in [1.54, 1.807) is 6.26 Å². The van der Waals surface area contributed by atoms with Crippen LogP contribution in [0.2, 0.25) is 0 Å². The molecule has 0 saturated carbocycles. The number of furan rings is 2. The van der Waals surface area contributed by atoms with Crippen molar-refractivity contribution < 1.29 is 8.83 Å². The van der Waals surface area contributed by atoms with Crippen LogP contribution in [0.4, 0.5) is 0 Å². The minimum atomic E-state index is 0.486. The molecule has 2 rings (SSSR count). The van der Waals surface area contributed by atoms with Crippen LogP contribution in [0.5, 0.6) is 0 Å². The van der Waals surface area contributed by atoms with E-state index in [-0.39, 0.29) is 0 Å². The third-order valence-electron chi connectivity index (χ3n) is 3.25. The van der Waals surface area contributed by atoms with E-state index in [0.29, 0.717) is 6.04 Å². The van der Waals surface area contributed by atoms with Crippen molar-refractivity contribution in [3.05, 3.63) is 47.3 Å². The zero-order valence-corrected chi connectivity index (χ0v) is 12.8. The van der Waals surface area contributed by atoms with Gasteiger partial charge in [-0.05, 0) is 26.1 Å². The zero-order valence-electron chi connectivity index (χ0n) is 12.8. The summed E-state index contributed by atoms with van der Waals surface area (Å²) in [5.74, 6) is 1.98.